The molecule has 0 radical (unpaired) electrons. The van der Waals surface area contributed by atoms with Gasteiger partial charge in [0.1, 0.15) is 0 Å². The highest BCUT2D eigenvalue weighted by Gasteiger charge is 2.30. The molecular weight excluding hydrogens is 148 g/mol. The van der Waals surface area contributed by atoms with Gasteiger partial charge in [-0.15, -0.1) is 13.2 Å². The molecule has 0 bridgehead atoms. The fraction of sp³-hybridized carbons (Fsp3) is 0.636. The fourth-order valence-corrected chi connectivity index (χ4v) is 2.19. The minimum absolute atomic E-state index is 0.0834. The van der Waals surface area contributed by atoms with Gasteiger partial charge in [-0.05, 0) is 37.5 Å². The summed E-state index contributed by atoms with van der Waals surface area (Å²) < 4.78 is 0. The SMILES string of the molecule is C=CC[C@H]1CC(O)C[C@@H]1CC=C. The van der Waals surface area contributed by atoms with Crippen molar-refractivity contribution in [2.75, 3.05) is 0 Å². The van der Waals surface area contributed by atoms with Crippen molar-refractivity contribution in [2.45, 2.75) is 31.8 Å². The largest absolute Gasteiger partial charge is 0.393 e. The van der Waals surface area contributed by atoms with E-state index < -0.39 is 0 Å². The molecule has 0 aromatic carbocycles. The molecule has 1 nitrogen and oxygen atoms in total. The maximum absolute atomic E-state index is 9.45. The topological polar surface area (TPSA) is 20.2 Å². The molecule has 1 saturated carbocycles. The Labute approximate surface area is 74.8 Å². The zero-order chi connectivity index (χ0) is 8.97. The first-order valence-corrected chi connectivity index (χ1v) is 4.67. The Morgan fingerprint density at radius 1 is 1.08 bits per heavy atom. The molecule has 1 fully saturated rings. The predicted octanol–water partition coefficient (Wildman–Crippen LogP) is 2.53. The molecule has 0 aliphatic heterocycles. The van der Waals surface area contributed by atoms with Crippen LogP contribution in [0.4, 0.5) is 0 Å². The van der Waals surface area contributed by atoms with E-state index in [1.165, 1.54) is 0 Å². The minimum Gasteiger partial charge on any atom is -0.393 e. The second-order valence-electron chi connectivity index (χ2n) is 3.69. The Kier molecular flexibility index (Phi) is 3.54. The van der Waals surface area contributed by atoms with Crippen LogP contribution in [-0.4, -0.2) is 11.2 Å². The molecular formula is C11H18O. The van der Waals surface area contributed by atoms with Crippen molar-refractivity contribution in [3.05, 3.63) is 25.3 Å². The van der Waals surface area contributed by atoms with Gasteiger partial charge in [0, 0.05) is 0 Å². The summed E-state index contributed by atoms with van der Waals surface area (Å²) in [5.74, 6) is 1.27. The highest BCUT2D eigenvalue weighted by molar-refractivity contribution is 4.90. The van der Waals surface area contributed by atoms with E-state index in [-0.39, 0.29) is 6.10 Å². The number of allylic oxidation sites excluding steroid dienone is 2. The maximum atomic E-state index is 9.45. The first kappa shape index (κ1) is 9.53. The number of hydrogen-bond acceptors (Lipinski definition) is 1. The van der Waals surface area contributed by atoms with E-state index in [0.29, 0.717) is 11.8 Å². The van der Waals surface area contributed by atoms with Gasteiger partial charge in [-0.25, -0.2) is 0 Å². The zero-order valence-electron chi connectivity index (χ0n) is 7.58. The van der Waals surface area contributed by atoms with E-state index in [0.717, 1.165) is 25.7 Å². The molecule has 1 aliphatic carbocycles. The van der Waals surface area contributed by atoms with Crippen LogP contribution in [-0.2, 0) is 0 Å². The summed E-state index contributed by atoms with van der Waals surface area (Å²) in [5, 5.41) is 9.45. The molecule has 1 rings (SSSR count). The smallest absolute Gasteiger partial charge is 0.0546 e. The molecule has 0 saturated heterocycles. The quantitative estimate of drug-likeness (QED) is 0.636. The van der Waals surface area contributed by atoms with Crippen molar-refractivity contribution in [1.82, 2.24) is 0 Å². The Bertz CT molecular complexity index is 144. The van der Waals surface area contributed by atoms with Crippen molar-refractivity contribution < 1.29 is 5.11 Å². The van der Waals surface area contributed by atoms with Crippen molar-refractivity contribution in [3.63, 3.8) is 0 Å². The fourth-order valence-electron chi connectivity index (χ4n) is 2.19. The summed E-state index contributed by atoms with van der Waals surface area (Å²) in [6.45, 7) is 7.47. The van der Waals surface area contributed by atoms with Crippen LogP contribution in [0.1, 0.15) is 25.7 Å². The Morgan fingerprint density at radius 3 is 1.83 bits per heavy atom. The Morgan fingerprint density at radius 2 is 1.50 bits per heavy atom. The van der Waals surface area contributed by atoms with E-state index in [1.54, 1.807) is 0 Å². The number of aliphatic hydroxyl groups is 1. The summed E-state index contributed by atoms with van der Waals surface area (Å²) in [5.41, 5.74) is 0. The minimum atomic E-state index is -0.0834. The third-order valence-electron chi connectivity index (χ3n) is 2.76. The second-order valence-corrected chi connectivity index (χ2v) is 3.69. The molecule has 0 spiro atoms. The third-order valence-corrected chi connectivity index (χ3v) is 2.76. The number of aliphatic hydroxyl groups excluding tert-OH is 1. The van der Waals surface area contributed by atoms with Crippen LogP contribution >= 0.6 is 0 Å². The Hall–Kier alpha value is -0.560. The van der Waals surface area contributed by atoms with Crippen molar-refractivity contribution in [1.29, 1.82) is 0 Å². The number of hydrogen-bond donors (Lipinski definition) is 1. The molecule has 1 heteroatoms. The lowest BCUT2D eigenvalue weighted by Crippen LogP contribution is -2.05. The van der Waals surface area contributed by atoms with Crippen molar-refractivity contribution in [3.8, 4) is 0 Å². The van der Waals surface area contributed by atoms with Crippen molar-refractivity contribution in [2.24, 2.45) is 11.8 Å². The second kappa shape index (κ2) is 4.46. The molecule has 0 aromatic rings. The van der Waals surface area contributed by atoms with Gasteiger partial charge in [-0.2, -0.15) is 0 Å². The molecule has 0 aromatic heterocycles. The van der Waals surface area contributed by atoms with E-state index >= 15 is 0 Å². The average molecular weight is 166 g/mol. The van der Waals surface area contributed by atoms with E-state index in [4.69, 9.17) is 0 Å². The van der Waals surface area contributed by atoms with Crippen LogP contribution in [0, 0.1) is 11.8 Å². The molecule has 2 atom stereocenters. The lowest BCUT2D eigenvalue weighted by molar-refractivity contribution is 0.175. The molecule has 0 unspecified atom stereocenters. The molecule has 12 heavy (non-hydrogen) atoms. The summed E-state index contributed by atoms with van der Waals surface area (Å²) in [6.07, 6.45) is 7.80. The van der Waals surface area contributed by atoms with Gasteiger partial charge in [0.2, 0.25) is 0 Å². The van der Waals surface area contributed by atoms with Gasteiger partial charge in [-0.3, -0.25) is 0 Å². The standard InChI is InChI=1S/C11H18O/c1-3-5-9-7-11(12)8-10(9)6-4-2/h3-4,9-12H,1-2,5-8H2/t9-,10-/m0/s1. The van der Waals surface area contributed by atoms with Gasteiger partial charge >= 0.3 is 0 Å². The molecule has 0 heterocycles. The summed E-state index contributed by atoms with van der Waals surface area (Å²) in [6, 6.07) is 0. The highest BCUT2D eigenvalue weighted by Crippen LogP contribution is 2.36. The van der Waals surface area contributed by atoms with E-state index in [1.807, 2.05) is 12.2 Å². The third kappa shape index (κ3) is 2.21. The van der Waals surface area contributed by atoms with E-state index in [2.05, 4.69) is 13.2 Å². The zero-order valence-corrected chi connectivity index (χ0v) is 7.58. The highest BCUT2D eigenvalue weighted by atomic mass is 16.3. The molecule has 1 N–H and O–H groups in total. The first-order chi connectivity index (χ1) is 5.77. The van der Waals surface area contributed by atoms with Gasteiger partial charge in [-0.1, -0.05) is 12.2 Å². The predicted molar refractivity (Wildman–Crippen MR) is 51.8 cm³/mol. The van der Waals surface area contributed by atoms with Crippen LogP contribution in [0.5, 0.6) is 0 Å². The monoisotopic (exact) mass is 166 g/mol. The van der Waals surface area contributed by atoms with Gasteiger partial charge in [0.05, 0.1) is 6.10 Å². The molecule has 0 amide bonds. The van der Waals surface area contributed by atoms with Crippen LogP contribution in [0.15, 0.2) is 25.3 Å². The maximum Gasteiger partial charge on any atom is 0.0546 e. The lowest BCUT2D eigenvalue weighted by Gasteiger charge is -2.14. The van der Waals surface area contributed by atoms with Crippen LogP contribution in [0.25, 0.3) is 0 Å². The summed E-state index contributed by atoms with van der Waals surface area (Å²) >= 11 is 0. The summed E-state index contributed by atoms with van der Waals surface area (Å²) in [7, 11) is 0. The molecule has 68 valence electrons. The number of rotatable bonds is 4. The van der Waals surface area contributed by atoms with Crippen LogP contribution < -0.4 is 0 Å². The average Bonchev–Trinajstić information content (AvgIpc) is 2.33. The Balaban J connectivity index is 2.46. The van der Waals surface area contributed by atoms with Gasteiger partial charge < -0.3 is 5.11 Å². The normalized spacial score (nSPS) is 30.4. The van der Waals surface area contributed by atoms with Gasteiger partial charge in [0.15, 0.2) is 0 Å². The molecule has 1 aliphatic rings. The van der Waals surface area contributed by atoms with Crippen LogP contribution in [0.3, 0.4) is 0 Å². The van der Waals surface area contributed by atoms with Gasteiger partial charge in [0.25, 0.3) is 0 Å². The lowest BCUT2D eigenvalue weighted by atomic mass is 9.90. The van der Waals surface area contributed by atoms with Crippen LogP contribution in [0.2, 0.25) is 0 Å². The summed E-state index contributed by atoms with van der Waals surface area (Å²) in [4.78, 5) is 0. The van der Waals surface area contributed by atoms with E-state index in [9.17, 15) is 5.11 Å². The first-order valence-electron chi connectivity index (χ1n) is 4.67. The van der Waals surface area contributed by atoms with Crippen molar-refractivity contribution >= 4 is 0 Å².